The molecule has 8 nitrogen and oxygen atoms in total. The van der Waals surface area contributed by atoms with Crippen LogP contribution >= 0.6 is 0 Å². The summed E-state index contributed by atoms with van der Waals surface area (Å²) in [4.78, 5) is 38.8. The van der Waals surface area contributed by atoms with Gasteiger partial charge in [-0.15, -0.1) is 0 Å². The number of nitrogens with zero attached hydrogens (tertiary/aromatic N) is 1. The van der Waals surface area contributed by atoms with E-state index in [0.29, 0.717) is 50.2 Å². The monoisotopic (exact) mass is 453 g/mol. The molecule has 1 fully saturated rings. The van der Waals surface area contributed by atoms with Gasteiger partial charge in [-0.05, 0) is 62.6 Å². The molecular formula is C25H31N3O5. The number of carbonyl (C=O) groups excluding carboxylic acids is 2. The van der Waals surface area contributed by atoms with Crippen molar-refractivity contribution in [3.8, 4) is 11.5 Å². The van der Waals surface area contributed by atoms with E-state index >= 15 is 0 Å². The third-order valence-corrected chi connectivity index (χ3v) is 5.83. The Morgan fingerprint density at radius 2 is 1.64 bits per heavy atom. The number of anilines is 1. The smallest absolute Gasteiger partial charge is 0.320 e. The third kappa shape index (κ3) is 6.47. The number of para-hydroxylation sites is 1. The number of nitrogens with one attached hydrogen (secondary N) is 2. The molecule has 2 aromatic carbocycles. The van der Waals surface area contributed by atoms with Crippen molar-refractivity contribution < 1.29 is 24.2 Å². The number of ether oxygens (including phenoxy) is 1. The highest BCUT2D eigenvalue weighted by atomic mass is 16.5. The number of carboxylic acids is 1. The van der Waals surface area contributed by atoms with Crippen molar-refractivity contribution in [1.29, 1.82) is 0 Å². The summed E-state index contributed by atoms with van der Waals surface area (Å²) < 4.78 is 5.76. The van der Waals surface area contributed by atoms with Gasteiger partial charge in [0.05, 0.1) is 5.92 Å². The Bertz CT molecular complexity index is 956. The van der Waals surface area contributed by atoms with Gasteiger partial charge in [0.1, 0.15) is 17.0 Å². The molecule has 2 aromatic rings. The fraction of sp³-hybridized carbons (Fsp3) is 0.400. The van der Waals surface area contributed by atoms with Gasteiger partial charge in [0.25, 0.3) is 0 Å². The van der Waals surface area contributed by atoms with E-state index in [1.165, 1.54) is 0 Å². The standard InChI is InChI=1S/C25H31N3O5/c1-3-15-25(2,23(31)28-16-13-18(14-17-28)22(29)30)27-24(32)26-19-9-11-21(12-10-19)33-20-7-5-4-6-8-20/h4-12,18H,3,13-17H2,1-2H3,(H,29,30)(H2,26,27,32). The largest absolute Gasteiger partial charge is 0.481 e. The van der Waals surface area contributed by atoms with Gasteiger partial charge in [0.15, 0.2) is 0 Å². The second-order valence-electron chi connectivity index (χ2n) is 8.51. The number of rotatable bonds is 8. The summed E-state index contributed by atoms with van der Waals surface area (Å²) in [6.07, 6.45) is 2.03. The van der Waals surface area contributed by atoms with E-state index in [4.69, 9.17) is 4.74 Å². The van der Waals surface area contributed by atoms with Crippen LogP contribution in [0.15, 0.2) is 54.6 Å². The van der Waals surface area contributed by atoms with Gasteiger partial charge >= 0.3 is 12.0 Å². The summed E-state index contributed by atoms with van der Waals surface area (Å²) in [5, 5.41) is 14.8. The van der Waals surface area contributed by atoms with Crippen LogP contribution in [0, 0.1) is 5.92 Å². The molecule has 0 radical (unpaired) electrons. The lowest BCUT2D eigenvalue weighted by atomic mass is 9.91. The molecular weight excluding hydrogens is 422 g/mol. The maximum Gasteiger partial charge on any atom is 0.320 e. The van der Waals surface area contributed by atoms with Crippen molar-refractivity contribution in [2.45, 2.75) is 45.1 Å². The van der Waals surface area contributed by atoms with Crippen LogP contribution in [0.25, 0.3) is 0 Å². The van der Waals surface area contributed by atoms with Crippen LogP contribution in [0.5, 0.6) is 11.5 Å². The normalized spacial score (nSPS) is 15.9. The molecule has 1 heterocycles. The Balaban J connectivity index is 1.59. The Kier molecular flexibility index (Phi) is 7.92. The van der Waals surface area contributed by atoms with Crippen LogP contribution in [0.1, 0.15) is 39.5 Å². The molecule has 3 N–H and O–H groups in total. The summed E-state index contributed by atoms with van der Waals surface area (Å²) in [5.74, 6) is -0.0669. The maximum atomic E-state index is 13.2. The van der Waals surface area contributed by atoms with Gasteiger partial charge in [-0.2, -0.15) is 0 Å². The number of hydrogen-bond donors (Lipinski definition) is 3. The molecule has 0 aromatic heterocycles. The molecule has 1 aliphatic heterocycles. The summed E-state index contributed by atoms with van der Waals surface area (Å²) >= 11 is 0. The highest BCUT2D eigenvalue weighted by Gasteiger charge is 2.39. The molecule has 3 rings (SSSR count). The number of amides is 3. The molecule has 0 bridgehead atoms. The average Bonchev–Trinajstić information content (AvgIpc) is 2.80. The zero-order valence-electron chi connectivity index (χ0n) is 19.0. The number of piperidine rings is 1. The van der Waals surface area contributed by atoms with E-state index in [9.17, 15) is 19.5 Å². The van der Waals surface area contributed by atoms with Crippen molar-refractivity contribution in [2.75, 3.05) is 18.4 Å². The number of carboxylic acid groups (broad SMARTS) is 1. The minimum absolute atomic E-state index is 0.185. The molecule has 3 amide bonds. The van der Waals surface area contributed by atoms with Gasteiger partial charge < -0.3 is 25.4 Å². The predicted octanol–water partition coefficient (Wildman–Crippen LogP) is 4.48. The van der Waals surface area contributed by atoms with Crippen molar-refractivity contribution in [2.24, 2.45) is 5.92 Å². The molecule has 0 saturated carbocycles. The molecule has 176 valence electrons. The first-order chi connectivity index (χ1) is 15.8. The van der Waals surface area contributed by atoms with Crippen LogP contribution in [0.3, 0.4) is 0 Å². The molecule has 1 atom stereocenters. The summed E-state index contributed by atoms with van der Waals surface area (Å²) in [5.41, 5.74) is -0.507. The maximum absolute atomic E-state index is 13.2. The van der Waals surface area contributed by atoms with Gasteiger partial charge in [-0.1, -0.05) is 31.5 Å². The highest BCUT2D eigenvalue weighted by Crippen LogP contribution is 2.24. The third-order valence-electron chi connectivity index (χ3n) is 5.83. The highest BCUT2D eigenvalue weighted by molar-refractivity contribution is 5.96. The predicted molar refractivity (Wildman–Crippen MR) is 125 cm³/mol. The van der Waals surface area contributed by atoms with E-state index in [0.717, 1.165) is 5.75 Å². The fourth-order valence-corrected chi connectivity index (χ4v) is 4.05. The summed E-state index contributed by atoms with van der Waals surface area (Å²) in [6.45, 7) is 4.42. The first kappa shape index (κ1) is 24.1. The van der Waals surface area contributed by atoms with E-state index < -0.39 is 23.5 Å². The molecule has 1 aliphatic rings. The zero-order valence-corrected chi connectivity index (χ0v) is 19.0. The van der Waals surface area contributed by atoms with Gasteiger partial charge in [-0.3, -0.25) is 9.59 Å². The summed E-state index contributed by atoms with van der Waals surface area (Å²) in [6, 6.07) is 15.9. The Labute approximate surface area is 193 Å². The Morgan fingerprint density at radius 1 is 1.03 bits per heavy atom. The topological polar surface area (TPSA) is 108 Å². The second-order valence-corrected chi connectivity index (χ2v) is 8.51. The van der Waals surface area contributed by atoms with Crippen LogP contribution in [0.4, 0.5) is 10.5 Å². The number of likely N-dealkylation sites (tertiary alicyclic amines) is 1. The van der Waals surface area contributed by atoms with E-state index in [1.807, 2.05) is 37.3 Å². The van der Waals surface area contributed by atoms with Crippen LogP contribution in [-0.2, 0) is 9.59 Å². The van der Waals surface area contributed by atoms with Crippen molar-refractivity contribution in [3.05, 3.63) is 54.6 Å². The van der Waals surface area contributed by atoms with Crippen molar-refractivity contribution in [1.82, 2.24) is 10.2 Å². The van der Waals surface area contributed by atoms with Crippen LogP contribution in [-0.4, -0.2) is 46.5 Å². The number of hydrogen-bond acceptors (Lipinski definition) is 4. The molecule has 8 heteroatoms. The fourth-order valence-electron chi connectivity index (χ4n) is 4.05. The molecule has 1 unspecified atom stereocenters. The number of benzene rings is 2. The molecule has 1 saturated heterocycles. The van der Waals surface area contributed by atoms with Crippen LogP contribution < -0.4 is 15.4 Å². The van der Waals surface area contributed by atoms with E-state index in [-0.39, 0.29) is 5.91 Å². The van der Waals surface area contributed by atoms with Crippen molar-refractivity contribution >= 4 is 23.6 Å². The first-order valence-electron chi connectivity index (χ1n) is 11.2. The lowest BCUT2D eigenvalue weighted by Crippen LogP contribution is -2.59. The lowest BCUT2D eigenvalue weighted by molar-refractivity contribution is -0.147. The minimum Gasteiger partial charge on any atom is -0.481 e. The SMILES string of the molecule is CCCC(C)(NC(=O)Nc1ccc(Oc2ccccc2)cc1)C(=O)N1CCC(C(=O)O)CC1. The molecule has 0 aliphatic carbocycles. The zero-order chi connectivity index (χ0) is 23.8. The van der Waals surface area contributed by atoms with Crippen molar-refractivity contribution in [3.63, 3.8) is 0 Å². The minimum atomic E-state index is -1.08. The van der Waals surface area contributed by atoms with Gasteiger partial charge in [0.2, 0.25) is 5.91 Å². The first-order valence-corrected chi connectivity index (χ1v) is 11.2. The number of aliphatic carboxylic acids is 1. The lowest BCUT2D eigenvalue weighted by Gasteiger charge is -2.38. The summed E-state index contributed by atoms with van der Waals surface area (Å²) in [7, 11) is 0. The number of carbonyl (C=O) groups is 3. The molecule has 0 spiro atoms. The Morgan fingerprint density at radius 3 is 2.21 bits per heavy atom. The van der Waals surface area contributed by atoms with E-state index in [2.05, 4.69) is 10.6 Å². The van der Waals surface area contributed by atoms with Gasteiger partial charge in [0, 0.05) is 18.8 Å². The quantitative estimate of drug-likeness (QED) is 0.546. The Hall–Kier alpha value is -3.55. The second kappa shape index (κ2) is 10.8. The number of urea groups is 1. The average molecular weight is 454 g/mol. The van der Waals surface area contributed by atoms with Crippen LogP contribution in [0.2, 0.25) is 0 Å². The molecule has 33 heavy (non-hydrogen) atoms. The van der Waals surface area contributed by atoms with Gasteiger partial charge in [-0.25, -0.2) is 4.79 Å². The van der Waals surface area contributed by atoms with E-state index in [1.54, 1.807) is 36.1 Å².